The summed E-state index contributed by atoms with van der Waals surface area (Å²) in [6.45, 7) is 11.5. The first-order valence-electron chi connectivity index (χ1n) is 16.3. The fraction of sp³-hybridized carbons (Fsp3) is 0.417. The second kappa shape index (κ2) is 15.4. The number of aromatic nitrogens is 3. The molecule has 12 heteroatoms. The average Bonchev–Trinajstić information content (AvgIpc) is 3.53. The number of nitrogens with one attached hydrogen (secondary N) is 2. The molecule has 1 aliphatic heterocycles. The van der Waals surface area contributed by atoms with Crippen LogP contribution in [-0.2, 0) is 0 Å². The van der Waals surface area contributed by atoms with Gasteiger partial charge in [0.2, 0.25) is 0 Å². The lowest BCUT2D eigenvalue weighted by molar-refractivity contribution is -0.274. The maximum absolute atomic E-state index is 13.0. The van der Waals surface area contributed by atoms with Gasteiger partial charge < -0.3 is 20.3 Å². The summed E-state index contributed by atoms with van der Waals surface area (Å²) in [4.78, 5) is 19.7. The summed E-state index contributed by atoms with van der Waals surface area (Å²) in [6, 6.07) is 20.3. The van der Waals surface area contributed by atoms with Crippen LogP contribution in [-0.4, -0.2) is 51.0 Å². The number of hydrogen-bond donors (Lipinski definition) is 2. The summed E-state index contributed by atoms with van der Waals surface area (Å²) >= 11 is 1.77. The van der Waals surface area contributed by atoms with Gasteiger partial charge >= 0.3 is 12.4 Å². The van der Waals surface area contributed by atoms with Crippen LogP contribution in [0.4, 0.5) is 23.7 Å². The number of alkyl halides is 3. The highest BCUT2D eigenvalue weighted by molar-refractivity contribution is 8.00. The van der Waals surface area contributed by atoms with Gasteiger partial charge in [0.25, 0.3) is 0 Å². The van der Waals surface area contributed by atoms with Gasteiger partial charge in [0.15, 0.2) is 11.3 Å². The summed E-state index contributed by atoms with van der Waals surface area (Å²) in [5, 5.41) is 10.8. The zero-order valence-electron chi connectivity index (χ0n) is 27.9. The molecule has 2 N–H and O–H groups in total. The minimum Gasteiger partial charge on any atom is -0.406 e. The van der Waals surface area contributed by atoms with E-state index in [4.69, 9.17) is 0 Å². The normalized spacial score (nSPS) is 17.3. The van der Waals surface area contributed by atoms with Crippen LogP contribution in [0.5, 0.6) is 5.75 Å². The first-order valence-corrected chi connectivity index (χ1v) is 17.4. The number of benzene rings is 3. The van der Waals surface area contributed by atoms with Gasteiger partial charge in [-0.1, -0.05) is 57.2 Å². The van der Waals surface area contributed by atoms with Crippen molar-refractivity contribution in [3.8, 4) is 22.8 Å². The van der Waals surface area contributed by atoms with Crippen molar-refractivity contribution in [2.75, 3.05) is 17.2 Å². The maximum atomic E-state index is 13.0. The third-order valence-corrected chi connectivity index (χ3v) is 9.68. The third-order valence-electron chi connectivity index (χ3n) is 8.54. The lowest BCUT2D eigenvalue weighted by atomic mass is 9.95. The van der Waals surface area contributed by atoms with Crippen molar-refractivity contribution >= 4 is 23.5 Å². The molecule has 0 saturated carbocycles. The molecule has 4 aromatic rings. The number of halogens is 3. The lowest BCUT2D eigenvalue weighted by Gasteiger charge is -2.43. The highest BCUT2D eigenvalue weighted by Gasteiger charge is 2.32. The van der Waals surface area contributed by atoms with E-state index >= 15 is 0 Å². The number of anilines is 1. The van der Waals surface area contributed by atoms with Gasteiger partial charge in [-0.3, -0.25) is 0 Å². The van der Waals surface area contributed by atoms with E-state index < -0.39 is 6.36 Å². The van der Waals surface area contributed by atoms with E-state index in [1.165, 1.54) is 57.7 Å². The Balaban J connectivity index is 1.10. The van der Waals surface area contributed by atoms with E-state index in [9.17, 15) is 18.0 Å². The standard InChI is InChI=1S/C36H43F3N6O2S/c1-23(2)31-17-8-24(3)21-32(31)45-26(5)18-20-48-35(45)42-34(46)40-19-6-7-25(4)27-9-11-28(12-10-27)33-41-22-44(43-33)29-13-15-30(16-14-29)47-36(37,38)39/h8-17,21-23,25-26,35H,6-7,18-20H2,1-5H3,(H2,40,42,46). The molecule has 3 aromatic carbocycles. The molecular formula is C36H43F3N6O2S. The van der Waals surface area contributed by atoms with Gasteiger partial charge in [0, 0.05) is 23.8 Å². The van der Waals surface area contributed by atoms with Crippen molar-refractivity contribution in [1.82, 2.24) is 25.4 Å². The molecule has 256 valence electrons. The number of carbonyl (C=O) groups is 1. The maximum Gasteiger partial charge on any atom is 0.573 e. The number of hydrogen-bond acceptors (Lipinski definition) is 6. The second-order valence-electron chi connectivity index (χ2n) is 12.6. The van der Waals surface area contributed by atoms with E-state index in [0.29, 0.717) is 30.0 Å². The molecule has 1 aromatic heterocycles. The van der Waals surface area contributed by atoms with Crippen LogP contribution < -0.4 is 20.3 Å². The Hall–Kier alpha value is -4.19. The fourth-order valence-corrected chi connectivity index (χ4v) is 7.24. The highest BCUT2D eigenvalue weighted by Crippen LogP contribution is 2.37. The van der Waals surface area contributed by atoms with E-state index in [1.807, 2.05) is 12.1 Å². The van der Waals surface area contributed by atoms with Crippen LogP contribution in [0.1, 0.15) is 75.5 Å². The third kappa shape index (κ3) is 9.03. The predicted molar refractivity (Wildman–Crippen MR) is 186 cm³/mol. The van der Waals surface area contributed by atoms with Crippen molar-refractivity contribution in [2.45, 2.75) is 83.6 Å². The molecule has 2 amide bonds. The van der Waals surface area contributed by atoms with Gasteiger partial charge in [-0.05, 0) is 97.7 Å². The molecule has 1 aliphatic rings. The van der Waals surface area contributed by atoms with Crippen molar-refractivity contribution in [3.05, 3.63) is 89.7 Å². The quantitative estimate of drug-likeness (QED) is 0.154. The SMILES string of the molecule is Cc1ccc(C(C)C)c(N2C(C)CCSC2NC(=O)NCCCC(C)c2ccc(-c3ncn(-c4ccc(OC(F)(F)F)cc4)n3)cc2)c1. The molecule has 0 aliphatic carbocycles. The zero-order valence-corrected chi connectivity index (χ0v) is 28.7. The summed E-state index contributed by atoms with van der Waals surface area (Å²) in [5.74, 6) is 1.87. The van der Waals surface area contributed by atoms with Crippen LogP contribution in [0, 0.1) is 6.92 Å². The summed E-state index contributed by atoms with van der Waals surface area (Å²) in [7, 11) is 0. The van der Waals surface area contributed by atoms with Gasteiger partial charge in [0.1, 0.15) is 12.1 Å². The molecule has 8 nitrogen and oxygen atoms in total. The Morgan fingerprint density at radius 1 is 1.06 bits per heavy atom. The number of urea groups is 1. The Bertz CT molecular complexity index is 1660. The molecule has 3 atom stereocenters. The van der Waals surface area contributed by atoms with Gasteiger partial charge in [0.05, 0.1) is 5.69 Å². The lowest BCUT2D eigenvalue weighted by Crippen LogP contribution is -2.55. The monoisotopic (exact) mass is 680 g/mol. The smallest absolute Gasteiger partial charge is 0.406 e. The van der Waals surface area contributed by atoms with E-state index in [0.717, 1.165) is 30.6 Å². The fourth-order valence-electron chi connectivity index (χ4n) is 5.86. The van der Waals surface area contributed by atoms with E-state index in [2.05, 4.69) is 95.3 Å². The van der Waals surface area contributed by atoms with Crippen LogP contribution in [0.25, 0.3) is 17.1 Å². The van der Waals surface area contributed by atoms with Crippen molar-refractivity contribution < 1.29 is 22.7 Å². The molecule has 0 bridgehead atoms. The largest absolute Gasteiger partial charge is 0.573 e. The average molecular weight is 681 g/mol. The van der Waals surface area contributed by atoms with Gasteiger partial charge in [-0.2, -0.15) is 0 Å². The van der Waals surface area contributed by atoms with Crippen LogP contribution in [0.15, 0.2) is 73.1 Å². The minimum atomic E-state index is -4.74. The topological polar surface area (TPSA) is 84.3 Å². The molecule has 0 spiro atoms. The number of nitrogens with zero attached hydrogens (tertiary/aromatic N) is 4. The first-order chi connectivity index (χ1) is 22.9. The van der Waals surface area contributed by atoms with Crippen LogP contribution in [0.2, 0.25) is 0 Å². The molecule has 3 unspecified atom stereocenters. The molecule has 5 rings (SSSR count). The number of thioether (sulfide) groups is 1. The van der Waals surface area contributed by atoms with Crippen molar-refractivity contribution in [3.63, 3.8) is 0 Å². The molecular weight excluding hydrogens is 637 g/mol. The van der Waals surface area contributed by atoms with Crippen LogP contribution in [0.3, 0.4) is 0 Å². The number of ether oxygens (including phenoxy) is 1. The molecule has 1 fully saturated rings. The first kappa shape index (κ1) is 35.1. The molecule has 0 radical (unpaired) electrons. The summed E-state index contributed by atoms with van der Waals surface area (Å²) in [5.41, 5.74) is 6.13. The Morgan fingerprint density at radius 3 is 2.48 bits per heavy atom. The van der Waals surface area contributed by atoms with Crippen molar-refractivity contribution in [1.29, 1.82) is 0 Å². The van der Waals surface area contributed by atoms with Crippen LogP contribution >= 0.6 is 11.8 Å². The number of amides is 2. The Kier molecular flexibility index (Phi) is 11.2. The van der Waals surface area contributed by atoms with Gasteiger partial charge in [-0.15, -0.1) is 30.0 Å². The predicted octanol–water partition coefficient (Wildman–Crippen LogP) is 8.76. The van der Waals surface area contributed by atoms with E-state index in [1.54, 1.807) is 11.8 Å². The summed E-state index contributed by atoms with van der Waals surface area (Å²) in [6.07, 6.45) is -0.415. The van der Waals surface area contributed by atoms with Crippen molar-refractivity contribution in [2.24, 2.45) is 0 Å². The number of carbonyl (C=O) groups excluding carboxylic acids is 1. The Morgan fingerprint density at radius 2 is 1.79 bits per heavy atom. The molecule has 1 saturated heterocycles. The molecule has 48 heavy (non-hydrogen) atoms. The zero-order chi connectivity index (χ0) is 34.4. The van der Waals surface area contributed by atoms with E-state index in [-0.39, 0.29) is 23.2 Å². The molecule has 2 heterocycles. The minimum absolute atomic E-state index is 0.134. The highest BCUT2D eigenvalue weighted by atomic mass is 32.2. The van der Waals surface area contributed by atoms with Gasteiger partial charge in [-0.25, -0.2) is 14.5 Å². The Labute approximate surface area is 284 Å². The summed E-state index contributed by atoms with van der Waals surface area (Å²) < 4.78 is 42.8. The number of aryl methyl sites for hydroxylation is 1. The number of rotatable bonds is 11. The second-order valence-corrected chi connectivity index (χ2v) is 13.8.